The lowest BCUT2D eigenvalue weighted by Crippen LogP contribution is -2.27. The molecule has 118 valence electrons. The van der Waals surface area contributed by atoms with Crippen LogP contribution in [0.1, 0.15) is 32.3 Å². The van der Waals surface area contributed by atoms with Gasteiger partial charge in [-0.3, -0.25) is 9.88 Å². The van der Waals surface area contributed by atoms with Crippen molar-refractivity contribution in [2.45, 2.75) is 39.8 Å². The molecule has 0 aromatic carbocycles. The van der Waals surface area contributed by atoms with E-state index in [9.17, 15) is 0 Å². The molecule has 0 radical (unpaired) electrons. The molecule has 22 heavy (non-hydrogen) atoms. The summed E-state index contributed by atoms with van der Waals surface area (Å²) in [6.45, 7) is 8.46. The van der Waals surface area contributed by atoms with Crippen LogP contribution in [0.5, 0.6) is 0 Å². The molecule has 0 amide bonds. The Hall–Kier alpha value is -1.94. The zero-order valence-electron chi connectivity index (χ0n) is 13.7. The first-order valence-electron chi connectivity index (χ1n) is 8.00. The normalized spacial score (nSPS) is 12.0. The van der Waals surface area contributed by atoms with E-state index >= 15 is 0 Å². The highest BCUT2D eigenvalue weighted by Gasteiger charge is 2.07. The van der Waals surface area contributed by atoms with Crippen LogP contribution < -0.4 is 0 Å². The van der Waals surface area contributed by atoms with Gasteiger partial charge in [0.05, 0.1) is 6.33 Å². The molecule has 2 aromatic heterocycles. The topological polar surface area (TPSA) is 34.0 Å². The lowest BCUT2D eigenvalue weighted by Gasteiger charge is -2.23. The van der Waals surface area contributed by atoms with Crippen molar-refractivity contribution >= 4 is 0 Å². The highest BCUT2D eigenvalue weighted by atomic mass is 15.1. The zero-order chi connectivity index (χ0) is 15.6. The van der Waals surface area contributed by atoms with Gasteiger partial charge in [-0.2, -0.15) is 0 Å². The fraction of sp³-hybridized carbons (Fsp3) is 0.444. The molecule has 0 fully saturated rings. The first-order chi connectivity index (χ1) is 10.8. The molecule has 2 rings (SSSR count). The molecule has 0 bridgehead atoms. The minimum Gasteiger partial charge on any atom is -0.337 e. The van der Waals surface area contributed by atoms with Crippen molar-refractivity contribution in [3.8, 4) is 0 Å². The Morgan fingerprint density at radius 3 is 2.91 bits per heavy atom. The van der Waals surface area contributed by atoms with Crippen molar-refractivity contribution in [1.82, 2.24) is 19.4 Å². The second kappa shape index (κ2) is 9.15. The van der Waals surface area contributed by atoms with Crippen LogP contribution in [0.25, 0.3) is 0 Å². The molecule has 4 heteroatoms. The van der Waals surface area contributed by atoms with Crippen molar-refractivity contribution in [1.29, 1.82) is 0 Å². The van der Waals surface area contributed by atoms with Gasteiger partial charge < -0.3 is 4.57 Å². The molecule has 0 saturated heterocycles. The maximum absolute atomic E-state index is 4.22. The third-order valence-electron chi connectivity index (χ3n) is 3.60. The summed E-state index contributed by atoms with van der Waals surface area (Å²) in [7, 11) is 0. The number of rotatable bonds is 9. The van der Waals surface area contributed by atoms with Gasteiger partial charge >= 0.3 is 0 Å². The SMILES string of the molecule is CC/C=C(\C)CN(CCCn1ccnc1)Cc1cccnc1. The summed E-state index contributed by atoms with van der Waals surface area (Å²) in [5, 5.41) is 0. The summed E-state index contributed by atoms with van der Waals surface area (Å²) in [5.74, 6) is 0. The highest BCUT2D eigenvalue weighted by molar-refractivity contribution is 5.09. The van der Waals surface area contributed by atoms with E-state index < -0.39 is 0 Å². The number of allylic oxidation sites excluding steroid dienone is 1. The Kier molecular flexibility index (Phi) is 6.84. The fourth-order valence-corrected chi connectivity index (χ4v) is 2.63. The lowest BCUT2D eigenvalue weighted by atomic mass is 10.2. The second-order valence-electron chi connectivity index (χ2n) is 5.68. The molecule has 0 aliphatic carbocycles. The van der Waals surface area contributed by atoms with Gasteiger partial charge in [0.15, 0.2) is 0 Å². The standard InChI is InChI=1S/C18H26N4/c1-3-6-17(2)14-22(15-18-7-4-8-19-13-18)11-5-10-21-12-9-20-16-21/h4,6-9,12-13,16H,3,5,10-11,14-15H2,1-2H3/b17-6+. The summed E-state index contributed by atoms with van der Waals surface area (Å²) in [6.07, 6.45) is 14.1. The van der Waals surface area contributed by atoms with Crippen molar-refractivity contribution < 1.29 is 0 Å². The predicted octanol–water partition coefficient (Wildman–Crippen LogP) is 3.53. The molecule has 2 heterocycles. The number of aromatic nitrogens is 3. The van der Waals surface area contributed by atoms with Crippen LogP contribution in [0.4, 0.5) is 0 Å². The minimum absolute atomic E-state index is 0.951. The zero-order valence-corrected chi connectivity index (χ0v) is 13.7. The van der Waals surface area contributed by atoms with E-state index in [0.717, 1.165) is 39.0 Å². The minimum atomic E-state index is 0.951. The summed E-state index contributed by atoms with van der Waals surface area (Å²) >= 11 is 0. The van der Waals surface area contributed by atoms with Crippen LogP contribution >= 0.6 is 0 Å². The molecule has 0 spiro atoms. The number of nitrogens with zero attached hydrogens (tertiary/aromatic N) is 4. The van der Waals surface area contributed by atoms with Gasteiger partial charge in [-0.05, 0) is 31.4 Å². The van der Waals surface area contributed by atoms with E-state index in [4.69, 9.17) is 0 Å². The molecular formula is C18H26N4. The van der Waals surface area contributed by atoms with E-state index in [1.54, 1.807) is 0 Å². The van der Waals surface area contributed by atoms with E-state index in [-0.39, 0.29) is 0 Å². The maximum Gasteiger partial charge on any atom is 0.0945 e. The van der Waals surface area contributed by atoms with Gasteiger partial charge in [0.25, 0.3) is 0 Å². The third-order valence-corrected chi connectivity index (χ3v) is 3.60. The Bertz CT molecular complexity index is 546. The van der Waals surface area contributed by atoms with Crippen LogP contribution in [0, 0.1) is 0 Å². The second-order valence-corrected chi connectivity index (χ2v) is 5.68. The van der Waals surface area contributed by atoms with Gasteiger partial charge in [-0.25, -0.2) is 4.98 Å². The molecule has 4 nitrogen and oxygen atoms in total. The first-order valence-corrected chi connectivity index (χ1v) is 8.00. The van der Waals surface area contributed by atoms with E-state index in [2.05, 4.69) is 45.4 Å². The lowest BCUT2D eigenvalue weighted by molar-refractivity contribution is 0.277. The molecular weight excluding hydrogens is 272 g/mol. The average molecular weight is 298 g/mol. The molecule has 2 aromatic rings. The number of hydrogen-bond acceptors (Lipinski definition) is 3. The molecule has 0 atom stereocenters. The third kappa shape index (κ3) is 5.82. The summed E-state index contributed by atoms with van der Waals surface area (Å²) < 4.78 is 2.14. The Balaban J connectivity index is 1.90. The summed E-state index contributed by atoms with van der Waals surface area (Å²) in [4.78, 5) is 10.8. The Morgan fingerprint density at radius 1 is 1.32 bits per heavy atom. The smallest absolute Gasteiger partial charge is 0.0945 e. The van der Waals surface area contributed by atoms with Crippen LogP contribution in [0.15, 0.2) is 54.9 Å². The summed E-state index contributed by atoms with van der Waals surface area (Å²) in [6, 6.07) is 4.16. The number of aryl methyl sites for hydroxylation is 1. The monoisotopic (exact) mass is 298 g/mol. The fourth-order valence-electron chi connectivity index (χ4n) is 2.63. The van der Waals surface area contributed by atoms with Crippen LogP contribution in [0.2, 0.25) is 0 Å². The average Bonchev–Trinajstić information content (AvgIpc) is 3.02. The van der Waals surface area contributed by atoms with E-state index in [1.165, 1.54) is 11.1 Å². The Morgan fingerprint density at radius 2 is 2.23 bits per heavy atom. The molecule has 0 aliphatic rings. The van der Waals surface area contributed by atoms with Crippen LogP contribution in [-0.4, -0.2) is 32.5 Å². The molecule has 0 N–H and O–H groups in total. The molecule has 0 aliphatic heterocycles. The van der Waals surface area contributed by atoms with Crippen molar-refractivity contribution in [3.05, 3.63) is 60.5 Å². The largest absolute Gasteiger partial charge is 0.337 e. The number of pyridine rings is 1. The van der Waals surface area contributed by atoms with Crippen LogP contribution in [-0.2, 0) is 13.1 Å². The van der Waals surface area contributed by atoms with Gasteiger partial charge in [-0.15, -0.1) is 0 Å². The first kappa shape index (κ1) is 16.4. The molecule has 0 saturated carbocycles. The van der Waals surface area contributed by atoms with Gasteiger partial charge in [0.1, 0.15) is 0 Å². The van der Waals surface area contributed by atoms with Gasteiger partial charge in [0.2, 0.25) is 0 Å². The number of imidazole rings is 1. The highest BCUT2D eigenvalue weighted by Crippen LogP contribution is 2.08. The van der Waals surface area contributed by atoms with Crippen molar-refractivity contribution in [2.24, 2.45) is 0 Å². The Labute approximate surface area is 133 Å². The number of hydrogen-bond donors (Lipinski definition) is 0. The van der Waals surface area contributed by atoms with Crippen molar-refractivity contribution in [2.75, 3.05) is 13.1 Å². The van der Waals surface area contributed by atoms with Gasteiger partial charge in [0, 0.05) is 51.0 Å². The molecule has 0 unspecified atom stereocenters. The quantitative estimate of drug-likeness (QED) is 0.664. The van der Waals surface area contributed by atoms with Gasteiger partial charge in [-0.1, -0.05) is 24.6 Å². The van der Waals surface area contributed by atoms with E-state index in [1.807, 2.05) is 37.2 Å². The maximum atomic E-state index is 4.22. The van der Waals surface area contributed by atoms with Crippen molar-refractivity contribution in [3.63, 3.8) is 0 Å². The summed E-state index contributed by atoms with van der Waals surface area (Å²) in [5.41, 5.74) is 2.71. The van der Waals surface area contributed by atoms with E-state index in [0.29, 0.717) is 0 Å². The predicted molar refractivity (Wildman–Crippen MR) is 90.4 cm³/mol. The van der Waals surface area contributed by atoms with Crippen LogP contribution in [0.3, 0.4) is 0 Å².